The van der Waals surface area contributed by atoms with E-state index in [0.29, 0.717) is 16.4 Å². The van der Waals surface area contributed by atoms with Gasteiger partial charge in [0.05, 0.1) is 5.69 Å². The topological polar surface area (TPSA) is 90.9 Å². The van der Waals surface area contributed by atoms with Crippen molar-refractivity contribution in [1.29, 1.82) is 0 Å². The number of hydrogen-bond donors (Lipinski definition) is 1. The van der Waals surface area contributed by atoms with Gasteiger partial charge in [0, 0.05) is 16.5 Å². The molecule has 1 aromatic heterocycles. The molecule has 3 rings (SSSR count). The number of amides is 1. The van der Waals surface area contributed by atoms with Gasteiger partial charge >= 0.3 is 5.97 Å². The summed E-state index contributed by atoms with van der Waals surface area (Å²) in [5, 5.41) is 2.56. The van der Waals surface area contributed by atoms with E-state index in [0.717, 1.165) is 4.88 Å². The standard InChI is InChI=1S/C17H15NO6S/c1-9-3-4-15(25-9)17(21)22-7-16(20)18-12-6-14-13(23-8-24-14)5-11(12)10(2)19/h3-6H,7-8H2,1-2H3,(H,18,20). The van der Waals surface area contributed by atoms with Crippen molar-refractivity contribution in [2.75, 3.05) is 18.7 Å². The van der Waals surface area contributed by atoms with E-state index >= 15 is 0 Å². The molecule has 1 amide bonds. The lowest BCUT2D eigenvalue weighted by molar-refractivity contribution is -0.119. The van der Waals surface area contributed by atoms with Crippen LogP contribution in [0.5, 0.6) is 11.5 Å². The van der Waals surface area contributed by atoms with Crippen LogP contribution in [-0.2, 0) is 9.53 Å². The highest BCUT2D eigenvalue weighted by molar-refractivity contribution is 7.13. The molecule has 0 radical (unpaired) electrons. The number of anilines is 1. The number of ketones is 1. The second-order valence-electron chi connectivity index (χ2n) is 5.34. The zero-order chi connectivity index (χ0) is 18.0. The van der Waals surface area contributed by atoms with Gasteiger partial charge in [-0.05, 0) is 32.0 Å². The first-order valence-corrected chi connectivity index (χ1v) is 8.23. The van der Waals surface area contributed by atoms with E-state index in [4.69, 9.17) is 14.2 Å². The minimum Gasteiger partial charge on any atom is -0.454 e. The number of esters is 1. The largest absolute Gasteiger partial charge is 0.454 e. The number of ether oxygens (including phenoxy) is 3. The van der Waals surface area contributed by atoms with Gasteiger partial charge in [-0.1, -0.05) is 0 Å². The van der Waals surface area contributed by atoms with Crippen molar-refractivity contribution in [2.24, 2.45) is 0 Å². The highest BCUT2D eigenvalue weighted by Gasteiger charge is 2.21. The van der Waals surface area contributed by atoms with Gasteiger partial charge in [0.25, 0.3) is 5.91 Å². The summed E-state index contributed by atoms with van der Waals surface area (Å²) in [6.45, 7) is 2.85. The third-order valence-electron chi connectivity index (χ3n) is 3.44. The Hall–Kier alpha value is -2.87. The van der Waals surface area contributed by atoms with Gasteiger partial charge < -0.3 is 19.5 Å². The van der Waals surface area contributed by atoms with Crippen LogP contribution in [0, 0.1) is 6.92 Å². The predicted octanol–water partition coefficient (Wildman–Crippen LogP) is 2.78. The molecule has 0 bridgehead atoms. The highest BCUT2D eigenvalue weighted by Crippen LogP contribution is 2.37. The molecule has 0 atom stereocenters. The molecule has 2 heterocycles. The average Bonchev–Trinajstić information content (AvgIpc) is 3.20. The number of nitrogens with one attached hydrogen (secondary N) is 1. The van der Waals surface area contributed by atoms with Gasteiger partial charge in [0.2, 0.25) is 6.79 Å². The summed E-state index contributed by atoms with van der Waals surface area (Å²) in [6, 6.07) is 6.47. The normalized spacial score (nSPS) is 11.9. The Labute approximate surface area is 147 Å². The molecule has 25 heavy (non-hydrogen) atoms. The van der Waals surface area contributed by atoms with Crippen LogP contribution in [0.2, 0.25) is 0 Å². The van der Waals surface area contributed by atoms with Crippen molar-refractivity contribution >= 4 is 34.7 Å². The molecule has 0 spiro atoms. The van der Waals surface area contributed by atoms with Crippen molar-refractivity contribution in [1.82, 2.24) is 0 Å². The molecule has 0 aliphatic carbocycles. The maximum Gasteiger partial charge on any atom is 0.348 e. The summed E-state index contributed by atoms with van der Waals surface area (Å²) in [6.07, 6.45) is 0. The molecule has 1 N–H and O–H groups in total. The Morgan fingerprint density at radius 3 is 2.56 bits per heavy atom. The molecule has 1 aliphatic heterocycles. The molecule has 130 valence electrons. The number of thiophene rings is 1. The molecule has 0 fully saturated rings. The number of aryl methyl sites for hydroxylation is 1. The molecular weight excluding hydrogens is 346 g/mol. The third kappa shape index (κ3) is 3.80. The molecule has 1 aliphatic rings. The zero-order valence-corrected chi connectivity index (χ0v) is 14.4. The van der Waals surface area contributed by atoms with Crippen LogP contribution >= 0.6 is 11.3 Å². The minimum atomic E-state index is -0.564. The molecular formula is C17H15NO6S. The van der Waals surface area contributed by atoms with E-state index in [1.807, 2.05) is 6.92 Å². The van der Waals surface area contributed by atoms with E-state index in [9.17, 15) is 14.4 Å². The monoisotopic (exact) mass is 361 g/mol. The third-order valence-corrected chi connectivity index (χ3v) is 4.42. The zero-order valence-electron chi connectivity index (χ0n) is 13.6. The minimum absolute atomic E-state index is 0.0575. The van der Waals surface area contributed by atoms with Crippen LogP contribution in [0.15, 0.2) is 24.3 Å². The molecule has 0 unspecified atom stereocenters. The summed E-state index contributed by atoms with van der Waals surface area (Å²) < 4.78 is 15.5. The van der Waals surface area contributed by atoms with Crippen LogP contribution in [0.3, 0.4) is 0 Å². The molecule has 7 nitrogen and oxygen atoms in total. The van der Waals surface area contributed by atoms with Crippen LogP contribution in [0.4, 0.5) is 5.69 Å². The molecule has 8 heteroatoms. The Bertz CT molecular complexity index is 857. The smallest absolute Gasteiger partial charge is 0.348 e. The summed E-state index contributed by atoms with van der Waals surface area (Å²) in [5.41, 5.74) is 0.572. The quantitative estimate of drug-likeness (QED) is 0.650. The van der Waals surface area contributed by atoms with Crippen molar-refractivity contribution in [3.05, 3.63) is 39.6 Å². The fourth-order valence-electron chi connectivity index (χ4n) is 2.27. The van der Waals surface area contributed by atoms with Gasteiger partial charge in [0.1, 0.15) is 4.88 Å². The first-order chi connectivity index (χ1) is 11.9. The fourth-order valence-corrected chi connectivity index (χ4v) is 3.03. The number of fused-ring (bicyclic) bond motifs is 1. The van der Waals surface area contributed by atoms with Gasteiger partial charge in [0.15, 0.2) is 23.9 Å². The number of rotatable bonds is 5. The van der Waals surface area contributed by atoms with E-state index in [2.05, 4.69) is 5.32 Å². The van der Waals surface area contributed by atoms with E-state index in [-0.39, 0.29) is 23.8 Å². The Kier molecular flexibility index (Phi) is 4.71. The van der Waals surface area contributed by atoms with Gasteiger partial charge in [-0.3, -0.25) is 9.59 Å². The average molecular weight is 361 g/mol. The van der Waals surface area contributed by atoms with Crippen molar-refractivity contribution < 1.29 is 28.6 Å². The molecule has 1 aromatic carbocycles. The second-order valence-corrected chi connectivity index (χ2v) is 6.63. The van der Waals surface area contributed by atoms with Crippen LogP contribution in [0.1, 0.15) is 31.8 Å². The number of carbonyl (C=O) groups excluding carboxylic acids is 3. The predicted molar refractivity (Wildman–Crippen MR) is 90.5 cm³/mol. The van der Waals surface area contributed by atoms with Crippen LogP contribution in [0.25, 0.3) is 0 Å². The Balaban J connectivity index is 1.66. The fraction of sp³-hybridized carbons (Fsp3) is 0.235. The molecule has 2 aromatic rings. The van der Waals surface area contributed by atoms with E-state index in [1.54, 1.807) is 12.1 Å². The lowest BCUT2D eigenvalue weighted by Crippen LogP contribution is -2.21. The second kappa shape index (κ2) is 6.94. The van der Waals surface area contributed by atoms with Gasteiger partial charge in [-0.2, -0.15) is 0 Å². The summed E-state index contributed by atoms with van der Waals surface area (Å²) in [7, 11) is 0. The number of carbonyl (C=O) groups is 3. The summed E-state index contributed by atoms with van der Waals surface area (Å²) in [4.78, 5) is 37.1. The van der Waals surface area contributed by atoms with Crippen molar-refractivity contribution in [3.63, 3.8) is 0 Å². The highest BCUT2D eigenvalue weighted by atomic mass is 32.1. The van der Waals surface area contributed by atoms with E-state index in [1.165, 1.54) is 30.4 Å². The summed E-state index contributed by atoms with van der Waals surface area (Å²) in [5.74, 6) is -0.470. The molecule has 0 saturated heterocycles. The van der Waals surface area contributed by atoms with Crippen molar-refractivity contribution in [2.45, 2.75) is 13.8 Å². The first-order valence-electron chi connectivity index (χ1n) is 7.42. The van der Waals surface area contributed by atoms with Crippen LogP contribution < -0.4 is 14.8 Å². The van der Waals surface area contributed by atoms with Gasteiger partial charge in [-0.15, -0.1) is 11.3 Å². The lowest BCUT2D eigenvalue weighted by Gasteiger charge is -2.10. The Morgan fingerprint density at radius 2 is 1.92 bits per heavy atom. The first kappa shape index (κ1) is 17.0. The van der Waals surface area contributed by atoms with Crippen molar-refractivity contribution in [3.8, 4) is 11.5 Å². The van der Waals surface area contributed by atoms with Crippen LogP contribution in [-0.4, -0.2) is 31.1 Å². The molecule has 0 saturated carbocycles. The maximum absolute atomic E-state index is 12.1. The number of Topliss-reactive ketones (excluding diaryl/α,β-unsaturated/α-hetero) is 1. The summed E-state index contributed by atoms with van der Waals surface area (Å²) >= 11 is 1.29. The SMILES string of the molecule is CC(=O)c1cc2c(cc1NC(=O)COC(=O)c1ccc(C)s1)OCO2. The lowest BCUT2D eigenvalue weighted by atomic mass is 10.1. The number of hydrogen-bond acceptors (Lipinski definition) is 7. The maximum atomic E-state index is 12.1. The Morgan fingerprint density at radius 1 is 1.20 bits per heavy atom. The van der Waals surface area contributed by atoms with E-state index < -0.39 is 18.5 Å². The van der Waals surface area contributed by atoms with Gasteiger partial charge in [-0.25, -0.2) is 4.79 Å². The number of benzene rings is 1.